The lowest BCUT2D eigenvalue weighted by Crippen LogP contribution is -2.64. The van der Waals surface area contributed by atoms with Crippen LogP contribution in [0, 0.1) is 11.8 Å². The molecular weight excluding hydrogens is 934 g/mol. The number of carboxylic acids is 2. The maximum Gasteiger partial charge on any atom is 0.552 e. The summed E-state index contributed by atoms with van der Waals surface area (Å²) < 4.78 is 23.5. The molecular formula is C48H56B2N8O14. The lowest BCUT2D eigenvalue weighted by Gasteiger charge is -2.42. The van der Waals surface area contributed by atoms with Crippen LogP contribution in [-0.4, -0.2) is 127 Å². The highest BCUT2D eigenvalue weighted by molar-refractivity contribution is 6.51. The number of hydrogen-bond acceptors (Lipinski definition) is 16. The number of amides is 4. The van der Waals surface area contributed by atoms with E-state index in [0.717, 1.165) is 0 Å². The first-order valence-corrected chi connectivity index (χ1v) is 23.4. The lowest BCUT2D eigenvalue weighted by atomic mass is 9.69. The number of carboxylic acid groups (broad SMARTS) is 2. The SMILES string of the molecule is CC(C)C[C@H](NC(=O)[C@H](Cc1ccccc1)NC(=O)c1cnccn1)B1OC(=O)C[C@@](CC[C@@]2(C(=O)O)CC(=O)OB([C@H](CC(C)C)NC(=O)[C@H](Cc3ccccc3)NC(=O)c3cnccn3)O2)(C(=O)O)O1. The van der Waals surface area contributed by atoms with E-state index in [9.17, 15) is 48.6 Å². The van der Waals surface area contributed by atoms with Gasteiger partial charge in [0.1, 0.15) is 23.5 Å². The Bertz CT molecular complexity index is 2380. The van der Waals surface area contributed by atoms with Crippen molar-refractivity contribution in [2.24, 2.45) is 11.8 Å². The molecule has 0 saturated carbocycles. The van der Waals surface area contributed by atoms with Crippen LogP contribution in [0.3, 0.4) is 0 Å². The highest BCUT2D eigenvalue weighted by Crippen LogP contribution is 2.38. The average molecular weight is 991 g/mol. The van der Waals surface area contributed by atoms with Crippen molar-refractivity contribution in [2.75, 3.05) is 0 Å². The molecule has 378 valence electrons. The second-order valence-corrected chi connectivity index (χ2v) is 18.5. The van der Waals surface area contributed by atoms with Gasteiger partial charge in [-0.1, -0.05) is 88.4 Å². The van der Waals surface area contributed by atoms with Crippen LogP contribution in [0.5, 0.6) is 0 Å². The maximum atomic E-state index is 14.2. The largest absolute Gasteiger partial charge is 0.552 e. The highest BCUT2D eigenvalue weighted by Gasteiger charge is 2.58. The van der Waals surface area contributed by atoms with Gasteiger partial charge in [-0.3, -0.25) is 38.7 Å². The number of hydrogen-bond donors (Lipinski definition) is 6. The highest BCUT2D eigenvalue weighted by atomic mass is 16.7. The minimum atomic E-state index is -2.48. The minimum absolute atomic E-state index is 0.00851. The summed E-state index contributed by atoms with van der Waals surface area (Å²) in [7, 11) is -3.48. The Morgan fingerprint density at radius 2 is 0.958 bits per heavy atom. The second kappa shape index (κ2) is 24.5. The summed E-state index contributed by atoms with van der Waals surface area (Å²) in [6.45, 7) is 7.19. The second-order valence-electron chi connectivity index (χ2n) is 18.5. The van der Waals surface area contributed by atoms with E-state index in [1.807, 2.05) is 0 Å². The number of nitrogens with zero attached hydrogens (tertiary/aromatic N) is 4. The quantitative estimate of drug-likeness (QED) is 0.0580. The molecule has 0 spiro atoms. The third kappa shape index (κ3) is 14.5. The Balaban J connectivity index is 1.23. The summed E-state index contributed by atoms with van der Waals surface area (Å²) in [5.41, 5.74) is -3.73. The zero-order chi connectivity index (χ0) is 52.0. The molecule has 0 radical (unpaired) electrons. The Kier molecular flexibility index (Phi) is 18.3. The van der Waals surface area contributed by atoms with Gasteiger partial charge in [0, 0.05) is 37.6 Å². The summed E-state index contributed by atoms with van der Waals surface area (Å²) in [4.78, 5) is 124. The smallest absolute Gasteiger partial charge is 0.508 e. The molecule has 6 rings (SSSR count). The van der Waals surface area contributed by atoms with Gasteiger partial charge in [-0.15, -0.1) is 0 Å². The van der Waals surface area contributed by atoms with Crippen LogP contribution >= 0.6 is 0 Å². The molecule has 2 aliphatic rings. The van der Waals surface area contributed by atoms with Gasteiger partial charge in [0.05, 0.1) is 37.1 Å². The molecule has 22 nitrogen and oxygen atoms in total. The van der Waals surface area contributed by atoms with Gasteiger partial charge in [0.25, 0.3) is 23.8 Å². The number of benzene rings is 2. The number of carbonyl (C=O) groups is 8. The van der Waals surface area contributed by atoms with Crippen LogP contribution in [0.2, 0.25) is 0 Å². The van der Waals surface area contributed by atoms with E-state index >= 15 is 0 Å². The molecule has 4 heterocycles. The van der Waals surface area contributed by atoms with Crippen LogP contribution in [0.4, 0.5) is 0 Å². The van der Waals surface area contributed by atoms with Gasteiger partial charge in [-0.05, 0) is 48.6 Å². The Morgan fingerprint density at radius 3 is 1.28 bits per heavy atom. The van der Waals surface area contributed by atoms with E-state index in [0.29, 0.717) is 11.1 Å². The van der Waals surface area contributed by atoms with Gasteiger partial charge in [0.2, 0.25) is 11.8 Å². The van der Waals surface area contributed by atoms with Crippen molar-refractivity contribution in [3.05, 3.63) is 120 Å². The van der Waals surface area contributed by atoms with Crippen molar-refractivity contribution < 1.29 is 67.2 Å². The number of carbonyl (C=O) groups excluding carboxylic acids is 6. The lowest BCUT2D eigenvalue weighted by molar-refractivity contribution is -0.179. The first-order chi connectivity index (χ1) is 34.3. The van der Waals surface area contributed by atoms with Crippen molar-refractivity contribution in [1.29, 1.82) is 0 Å². The molecule has 6 atom stereocenters. The topological polar surface area (TPSA) is 314 Å². The van der Waals surface area contributed by atoms with E-state index in [-0.39, 0.29) is 48.9 Å². The van der Waals surface area contributed by atoms with Crippen molar-refractivity contribution in [3.8, 4) is 0 Å². The van der Waals surface area contributed by atoms with Crippen molar-refractivity contribution in [1.82, 2.24) is 41.2 Å². The minimum Gasteiger partial charge on any atom is -0.508 e. The van der Waals surface area contributed by atoms with Gasteiger partial charge in [-0.25, -0.2) is 19.6 Å². The van der Waals surface area contributed by atoms with Crippen LogP contribution < -0.4 is 21.3 Å². The molecule has 6 N–H and O–H groups in total. The molecule has 4 aromatic rings. The molecule has 72 heavy (non-hydrogen) atoms. The predicted octanol–water partition coefficient (Wildman–Crippen LogP) is 2.12. The fourth-order valence-corrected chi connectivity index (χ4v) is 8.35. The van der Waals surface area contributed by atoms with E-state index in [4.69, 9.17) is 18.6 Å². The summed E-state index contributed by atoms with van der Waals surface area (Å²) in [5, 5.41) is 32.6. The van der Waals surface area contributed by atoms with Crippen molar-refractivity contribution >= 4 is 61.7 Å². The van der Waals surface area contributed by atoms with E-state index in [1.54, 1.807) is 88.4 Å². The molecule has 2 fully saturated rings. The first-order valence-electron chi connectivity index (χ1n) is 23.4. The number of aromatic nitrogens is 4. The fraction of sp³-hybridized carbons (Fsp3) is 0.417. The summed E-state index contributed by atoms with van der Waals surface area (Å²) in [6.07, 6.45) is 4.73. The van der Waals surface area contributed by atoms with Gasteiger partial charge in [-0.2, -0.15) is 0 Å². The molecule has 2 aromatic heterocycles. The predicted molar refractivity (Wildman–Crippen MR) is 255 cm³/mol. The van der Waals surface area contributed by atoms with Gasteiger partial charge >= 0.3 is 26.2 Å². The number of aliphatic carboxylic acids is 2. The van der Waals surface area contributed by atoms with E-state index in [1.165, 1.54) is 37.2 Å². The van der Waals surface area contributed by atoms with Crippen LogP contribution in [0.15, 0.2) is 97.8 Å². The van der Waals surface area contributed by atoms with E-state index in [2.05, 4.69) is 41.2 Å². The monoisotopic (exact) mass is 990 g/mol. The first kappa shape index (κ1) is 53.8. The normalized spacial score (nSPS) is 19.5. The fourth-order valence-electron chi connectivity index (χ4n) is 8.35. The maximum absolute atomic E-state index is 14.2. The molecule has 2 saturated heterocycles. The van der Waals surface area contributed by atoms with Crippen LogP contribution in [-0.2, 0) is 60.2 Å². The third-order valence-corrected chi connectivity index (χ3v) is 11.9. The Morgan fingerprint density at radius 1 is 0.583 bits per heavy atom. The van der Waals surface area contributed by atoms with E-state index < -0.39 is 123 Å². The van der Waals surface area contributed by atoms with Crippen LogP contribution in [0.25, 0.3) is 0 Å². The average Bonchev–Trinajstić information content (AvgIpc) is 3.35. The van der Waals surface area contributed by atoms with Gasteiger partial charge < -0.3 is 50.1 Å². The van der Waals surface area contributed by atoms with Crippen molar-refractivity contribution in [2.45, 2.75) is 114 Å². The molecule has 0 bridgehead atoms. The summed E-state index contributed by atoms with van der Waals surface area (Å²) in [5.74, 6) is -11.2. The Labute approximate surface area is 415 Å². The van der Waals surface area contributed by atoms with Crippen LogP contribution in [0.1, 0.15) is 98.3 Å². The summed E-state index contributed by atoms with van der Waals surface area (Å²) >= 11 is 0. The molecule has 0 unspecified atom stereocenters. The third-order valence-electron chi connectivity index (χ3n) is 11.9. The molecule has 4 amide bonds. The molecule has 2 aromatic carbocycles. The number of rotatable bonds is 23. The zero-order valence-electron chi connectivity index (χ0n) is 40.1. The standard InChI is InChI=1S/C48H56B2N8O14/c1-29(2)21-37(57-41(61)33(23-31-11-7-5-8-12-31)55-43(63)35-27-51-17-19-53-35)49-69-39(59)25-47(71-49,45(65)66)15-16-48(46(67)68)26-40(60)70-50(72-48)38(22-30(3)4)58-42(62)34(24-32-13-9-6-10-14-32)56-44(64)36-28-52-18-20-54-36/h5-14,17-20,27-30,33-34,37-38H,15-16,21-26H2,1-4H3,(H,55,63)(H,56,64)(H,57,61)(H,58,62)(H,65,66)(H,67,68)/t33-,34-,37-,38-,47-,48-/m0/s1. The van der Waals surface area contributed by atoms with Crippen molar-refractivity contribution in [3.63, 3.8) is 0 Å². The molecule has 2 aliphatic heterocycles. The number of nitrogens with one attached hydrogen (secondary N) is 4. The summed E-state index contributed by atoms with van der Waals surface area (Å²) in [6, 6.07) is 15.1. The molecule has 0 aliphatic carbocycles. The Hall–Kier alpha value is -7.59. The van der Waals surface area contributed by atoms with Gasteiger partial charge in [0.15, 0.2) is 11.2 Å². The molecule has 24 heteroatoms. The zero-order valence-corrected chi connectivity index (χ0v) is 40.1.